The van der Waals surface area contributed by atoms with Crippen LogP contribution in [0.25, 0.3) is 0 Å². The number of aliphatic hydroxyl groups is 1. The molecule has 0 radical (unpaired) electrons. The number of esters is 4. The first-order valence-electron chi connectivity index (χ1n) is 36.8. The molecular formula is C70H136O17P2. The van der Waals surface area contributed by atoms with Crippen LogP contribution in [-0.2, 0) is 65.4 Å². The monoisotopic (exact) mass is 1310 g/mol. The number of carbonyl (C=O) groups excluding carboxylic acids is 4. The average molecular weight is 1310 g/mol. The van der Waals surface area contributed by atoms with Gasteiger partial charge in [-0.1, -0.05) is 317 Å². The van der Waals surface area contributed by atoms with Crippen molar-refractivity contribution in [1.29, 1.82) is 0 Å². The number of aliphatic hydroxyl groups excluding tert-OH is 1. The van der Waals surface area contributed by atoms with Gasteiger partial charge in [0.1, 0.15) is 19.3 Å². The van der Waals surface area contributed by atoms with Crippen molar-refractivity contribution in [3.05, 3.63) is 0 Å². The van der Waals surface area contributed by atoms with E-state index < -0.39 is 97.5 Å². The van der Waals surface area contributed by atoms with Gasteiger partial charge in [-0.25, -0.2) is 9.13 Å². The molecule has 0 aromatic heterocycles. The SMILES string of the molecule is CCCCCCCCCCCCCCCCCCCCCCCC(=O)O[C@H](COC(=O)CCCCCCCCCCCCCCCC)COP(=O)(O)OC[C@@H](O)COP(=O)(O)OC[C@@H](COC(=O)CCCCCCC)OC(=O)CCCCCCCCCCC. The van der Waals surface area contributed by atoms with E-state index in [9.17, 15) is 43.2 Å². The molecule has 0 fully saturated rings. The fraction of sp³-hybridized carbons (Fsp3) is 0.943. The molecule has 0 aliphatic rings. The number of hydrogen-bond acceptors (Lipinski definition) is 15. The minimum Gasteiger partial charge on any atom is -0.462 e. The normalized spacial score (nSPS) is 14.0. The molecule has 0 aromatic rings. The Hall–Kier alpha value is -1.94. The third kappa shape index (κ3) is 64.6. The second-order valence-corrected chi connectivity index (χ2v) is 28.2. The quantitative estimate of drug-likeness (QED) is 0.0222. The Morgan fingerprint density at radius 3 is 0.663 bits per heavy atom. The summed E-state index contributed by atoms with van der Waals surface area (Å²) < 4.78 is 68.0. The first-order valence-corrected chi connectivity index (χ1v) is 39.8. The van der Waals surface area contributed by atoms with Crippen LogP contribution in [0.2, 0.25) is 0 Å². The lowest BCUT2D eigenvalue weighted by Crippen LogP contribution is -2.30. The van der Waals surface area contributed by atoms with E-state index in [1.54, 1.807) is 0 Å². The van der Waals surface area contributed by atoms with E-state index in [0.29, 0.717) is 25.7 Å². The van der Waals surface area contributed by atoms with E-state index in [0.717, 1.165) is 96.3 Å². The number of phosphoric acid groups is 2. The second-order valence-electron chi connectivity index (χ2n) is 25.3. The smallest absolute Gasteiger partial charge is 0.462 e. The number of carbonyl (C=O) groups is 4. The number of ether oxygens (including phenoxy) is 4. The highest BCUT2D eigenvalue weighted by molar-refractivity contribution is 7.47. The molecule has 89 heavy (non-hydrogen) atoms. The summed E-state index contributed by atoms with van der Waals surface area (Å²) >= 11 is 0. The molecule has 0 spiro atoms. The summed E-state index contributed by atoms with van der Waals surface area (Å²) in [6, 6.07) is 0. The summed E-state index contributed by atoms with van der Waals surface area (Å²) in [6.07, 6.45) is 53.3. The predicted molar refractivity (Wildman–Crippen MR) is 359 cm³/mol. The Morgan fingerprint density at radius 1 is 0.270 bits per heavy atom. The van der Waals surface area contributed by atoms with Crippen LogP contribution in [0.4, 0.5) is 0 Å². The van der Waals surface area contributed by atoms with E-state index >= 15 is 0 Å². The molecular weight excluding hydrogens is 1170 g/mol. The third-order valence-corrected chi connectivity index (χ3v) is 18.3. The Balaban J connectivity index is 5.10. The standard InChI is InChI=1S/C70H136O17P2/c1-5-9-13-17-20-23-25-27-29-30-31-32-33-34-35-37-39-42-45-49-53-57-70(75)87-66(61-81-68(73)55-51-47-43-41-38-36-28-26-24-21-18-14-10-6-2)63-85-89(78,79)83-59-64(71)58-82-88(76,77)84-62-65(60-80-67(72)54-50-46-16-12-8-4)86-69(74)56-52-48-44-40-22-19-15-11-7-3/h64-66,71H,5-63H2,1-4H3,(H,76,77)(H,78,79)/t64-,65+,66+/m0/s1. The van der Waals surface area contributed by atoms with Crippen molar-refractivity contribution in [3.8, 4) is 0 Å². The van der Waals surface area contributed by atoms with Crippen molar-refractivity contribution in [2.75, 3.05) is 39.6 Å². The van der Waals surface area contributed by atoms with Crippen LogP contribution in [0.1, 0.15) is 368 Å². The number of hydrogen-bond donors (Lipinski definition) is 3. The third-order valence-electron chi connectivity index (χ3n) is 16.4. The van der Waals surface area contributed by atoms with Crippen molar-refractivity contribution in [1.82, 2.24) is 0 Å². The van der Waals surface area contributed by atoms with Gasteiger partial charge in [-0.15, -0.1) is 0 Å². The van der Waals surface area contributed by atoms with Gasteiger partial charge in [0.2, 0.25) is 0 Å². The molecule has 0 aliphatic heterocycles. The number of unbranched alkanes of at least 4 members (excludes halogenated alkanes) is 45. The Morgan fingerprint density at radius 2 is 0.449 bits per heavy atom. The summed E-state index contributed by atoms with van der Waals surface area (Å²) in [5.74, 6) is -2.13. The Kier molecular flexibility index (Phi) is 63.3. The molecule has 0 saturated carbocycles. The molecule has 19 heteroatoms. The minimum absolute atomic E-state index is 0.105. The fourth-order valence-corrected chi connectivity index (χ4v) is 12.3. The van der Waals surface area contributed by atoms with Crippen molar-refractivity contribution < 1.29 is 80.2 Å². The van der Waals surface area contributed by atoms with Crippen LogP contribution < -0.4 is 0 Å². The van der Waals surface area contributed by atoms with Gasteiger partial charge in [0.25, 0.3) is 0 Å². The Labute approximate surface area is 543 Å². The van der Waals surface area contributed by atoms with Crippen LogP contribution in [0, 0.1) is 0 Å². The van der Waals surface area contributed by atoms with Gasteiger partial charge in [-0.3, -0.25) is 37.3 Å². The summed E-state index contributed by atoms with van der Waals surface area (Å²) in [4.78, 5) is 72.2. The molecule has 0 saturated heterocycles. The molecule has 528 valence electrons. The molecule has 0 bridgehead atoms. The molecule has 0 aliphatic carbocycles. The molecule has 5 atom stereocenters. The van der Waals surface area contributed by atoms with Gasteiger partial charge in [0.15, 0.2) is 12.2 Å². The van der Waals surface area contributed by atoms with Gasteiger partial charge < -0.3 is 33.8 Å². The van der Waals surface area contributed by atoms with Gasteiger partial charge in [0, 0.05) is 25.7 Å². The summed E-state index contributed by atoms with van der Waals surface area (Å²) in [5, 5.41) is 10.5. The Bertz CT molecular complexity index is 1710. The van der Waals surface area contributed by atoms with Gasteiger partial charge in [0.05, 0.1) is 26.4 Å². The molecule has 0 rings (SSSR count). The topological polar surface area (TPSA) is 237 Å². The van der Waals surface area contributed by atoms with E-state index in [1.807, 2.05) is 0 Å². The van der Waals surface area contributed by atoms with Gasteiger partial charge >= 0.3 is 39.5 Å². The largest absolute Gasteiger partial charge is 0.472 e. The predicted octanol–water partition coefficient (Wildman–Crippen LogP) is 20.3. The van der Waals surface area contributed by atoms with Crippen LogP contribution >= 0.6 is 15.6 Å². The van der Waals surface area contributed by atoms with Crippen LogP contribution in [0.5, 0.6) is 0 Å². The molecule has 0 aromatic carbocycles. The van der Waals surface area contributed by atoms with Gasteiger partial charge in [-0.2, -0.15) is 0 Å². The van der Waals surface area contributed by atoms with E-state index in [4.69, 9.17) is 37.0 Å². The zero-order valence-electron chi connectivity index (χ0n) is 57.4. The second kappa shape index (κ2) is 64.8. The minimum atomic E-state index is -4.95. The maximum atomic E-state index is 13.0. The lowest BCUT2D eigenvalue weighted by Gasteiger charge is -2.21. The summed E-state index contributed by atoms with van der Waals surface area (Å²) in [6.45, 7) is 4.83. The van der Waals surface area contributed by atoms with Crippen molar-refractivity contribution in [3.63, 3.8) is 0 Å². The van der Waals surface area contributed by atoms with E-state index in [1.165, 1.54) is 193 Å². The van der Waals surface area contributed by atoms with Crippen LogP contribution in [0.3, 0.4) is 0 Å². The van der Waals surface area contributed by atoms with Crippen molar-refractivity contribution >= 4 is 39.5 Å². The first-order chi connectivity index (χ1) is 43.2. The highest BCUT2D eigenvalue weighted by atomic mass is 31.2. The molecule has 0 heterocycles. The lowest BCUT2D eigenvalue weighted by molar-refractivity contribution is -0.161. The molecule has 2 unspecified atom stereocenters. The van der Waals surface area contributed by atoms with Crippen LogP contribution in [0.15, 0.2) is 0 Å². The molecule has 3 N–H and O–H groups in total. The van der Waals surface area contributed by atoms with Crippen molar-refractivity contribution in [2.45, 2.75) is 386 Å². The zero-order valence-corrected chi connectivity index (χ0v) is 59.2. The highest BCUT2D eigenvalue weighted by Crippen LogP contribution is 2.45. The average Bonchev–Trinajstić information content (AvgIpc) is 3.65. The highest BCUT2D eigenvalue weighted by Gasteiger charge is 2.30. The van der Waals surface area contributed by atoms with Crippen LogP contribution in [-0.4, -0.2) is 96.7 Å². The van der Waals surface area contributed by atoms with Crippen molar-refractivity contribution in [2.24, 2.45) is 0 Å². The number of rotatable bonds is 71. The zero-order chi connectivity index (χ0) is 65.4. The maximum Gasteiger partial charge on any atom is 0.472 e. The molecule has 17 nitrogen and oxygen atoms in total. The van der Waals surface area contributed by atoms with E-state index in [-0.39, 0.29) is 25.7 Å². The fourth-order valence-electron chi connectivity index (χ4n) is 10.7. The summed E-state index contributed by atoms with van der Waals surface area (Å²) in [5.41, 5.74) is 0. The summed E-state index contributed by atoms with van der Waals surface area (Å²) in [7, 11) is -9.88. The molecule has 0 amide bonds. The maximum absolute atomic E-state index is 13.0. The first kappa shape index (κ1) is 87.1. The van der Waals surface area contributed by atoms with E-state index in [2.05, 4.69) is 27.7 Å². The van der Waals surface area contributed by atoms with Gasteiger partial charge in [-0.05, 0) is 25.7 Å². The lowest BCUT2D eigenvalue weighted by atomic mass is 10.0. The number of phosphoric ester groups is 2.